The number of amides is 1. The van der Waals surface area contributed by atoms with E-state index in [0.717, 1.165) is 42.3 Å². The van der Waals surface area contributed by atoms with Gasteiger partial charge in [-0.1, -0.05) is 30.3 Å². The van der Waals surface area contributed by atoms with Crippen LogP contribution in [0.3, 0.4) is 0 Å². The second kappa shape index (κ2) is 9.57. The molecule has 1 aliphatic rings. The lowest BCUT2D eigenvalue weighted by molar-refractivity contribution is 0.0944. The van der Waals surface area contributed by atoms with Crippen molar-refractivity contribution in [3.8, 4) is 22.8 Å². The van der Waals surface area contributed by atoms with Gasteiger partial charge in [0, 0.05) is 29.7 Å². The van der Waals surface area contributed by atoms with E-state index in [4.69, 9.17) is 4.74 Å². The average molecular weight is 457 g/mol. The van der Waals surface area contributed by atoms with Gasteiger partial charge in [0.1, 0.15) is 17.2 Å². The van der Waals surface area contributed by atoms with Crippen LogP contribution in [0.2, 0.25) is 0 Å². The fraction of sp³-hybridized carbons (Fsp3) is 0.259. The monoisotopic (exact) mass is 456 g/mol. The van der Waals surface area contributed by atoms with E-state index in [0.29, 0.717) is 23.1 Å². The maximum atomic E-state index is 12.9. The van der Waals surface area contributed by atoms with Gasteiger partial charge in [0.25, 0.3) is 11.5 Å². The summed E-state index contributed by atoms with van der Waals surface area (Å²) in [5.41, 5.74) is 2.26. The minimum Gasteiger partial charge on any atom is -0.457 e. The number of ether oxygens (including phenoxy) is 1. The Bertz CT molecular complexity index is 1370. The molecule has 34 heavy (non-hydrogen) atoms. The third-order valence-corrected chi connectivity index (χ3v) is 6.27. The molecule has 2 aromatic carbocycles. The van der Waals surface area contributed by atoms with Crippen LogP contribution >= 0.6 is 0 Å². The first-order valence-electron chi connectivity index (χ1n) is 11.7. The van der Waals surface area contributed by atoms with Gasteiger partial charge in [0.2, 0.25) is 0 Å². The largest absolute Gasteiger partial charge is 0.457 e. The van der Waals surface area contributed by atoms with Gasteiger partial charge in [-0.15, -0.1) is 0 Å². The number of pyridine rings is 1. The Kier molecular flexibility index (Phi) is 6.18. The zero-order chi connectivity index (χ0) is 23.5. The van der Waals surface area contributed by atoms with Gasteiger partial charge in [0.05, 0.1) is 11.1 Å². The predicted molar refractivity (Wildman–Crippen MR) is 134 cm³/mol. The number of fused-ring (bicyclic) bond motifs is 1. The summed E-state index contributed by atoms with van der Waals surface area (Å²) in [6.07, 6.45) is 2.42. The van der Waals surface area contributed by atoms with Crippen LogP contribution in [0.4, 0.5) is 0 Å². The van der Waals surface area contributed by atoms with E-state index in [1.54, 1.807) is 6.07 Å². The molecule has 0 aliphatic carbocycles. The predicted octanol–water partition coefficient (Wildman–Crippen LogP) is 4.45. The number of nitrogens with one attached hydrogen (secondary N) is 3. The van der Waals surface area contributed by atoms with Crippen molar-refractivity contribution >= 4 is 16.7 Å². The molecule has 0 radical (unpaired) electrons. The van der Waals surface area contributed by atoms with Crippen molar-refractivity contribution in [1.82, 2.24) is 20.2 Å². The molecule has 174 valence electrons. The number of H-pyrrole nitrogens is 2. The molecule has 3 heterocycles. The lowest BCUT2D eigenvalue weighted by Gasteiger charge is -2.14. The van der Waals surface area contributed by atoms with Gasteiger partial charge in [-0.3, -0.25) is 9.59 Å². The molecule has 0 spiro atoms. The van der Waals surface area contributed by atoms with E-state index in [2.05, 4.69) is 20.2 Å². The third-order valence-electron chi connectivity index (χ3n) is 6.27. The highest BCUT2D eigenvalue weighted by atomic mass is 16.5. The average Bonchev–Trinajstić information content (AvgIpc) is 3.48. The molecule has 1 amide bonds. The van der Waals surface area contributed by atoms with Crippen molar-refractivity contribution < 1.29 is 9.53 Å². The maximum Gasteiger partial charge on any atom is 0.267 e. The fourth-order valence-corrected chi connectivity index (χ4v) is 4.59. The van der Waals surface area contributed by atoms with Gasteiger partial charge >= 0.3 is 0 Å². The Morgan fingerprint density at radius 2 is 1.76 bits per heavy atom. The second-order valence-corrected chi connectivity index (χ2v) is 8.64. The summed E-state index contributed by atoms with van der Waals surface area (Å²) in [6, 6.07) is 19.0. The Labute approximate surface area is 197 Å². The van der Waals surface area contributed by atoms with E-state index in [1.165, 1.54) is 12.8 Å². The van der Waals surface area contributed by atoms with Crippen LogP contribution in [0.15, 0.2) is 65.5 Å². The molecule has 5 rings (SSSR count). The molecule has 1 aliphatic heterocycles. The molecule has 0 unspecified atom stereocenters. The molecule has 2 aromatic heterocycles. The van der Waals surface area contributed by atoms with Crippen LogP contribution in [-0.4, -0.2) is 47.0 Å². The molecule has 4 aromatic rings. The number of carbonyl (C=O) groups is 1. The second-order valence-electron chi connectivity index (χ2n) is 8.64. The van der Waals surface area contributed by atoms with Gasteiger partial charge < -0.3 is 24.9 Å². The Balaban J connectivity index is 1.48. The molecule has 1 saturated heterocycles. The number of aryl methyl sites for hydroxylation is 1. The topological polar surface area (TPSA) is 90.2 Å². The van der Waals surface area contributed by atoms with Crippen LogP contribution in [-0.2, 0) is 0 Å². The van der Waals surface area contributed by atoms with Crippen molar-refractivity contribution in [2.24, 2.45) is 0 Å². The van der Waals surface area contributed by atoms with Crippen molar-refractivity contribution in [3.63, 3.8) is 0 Å². The van der Waals surface area contributed by atoms with Crippen LogP contribution in [0, 0.1) is 6.92 Å². The van der Waals surface area contributed by atoms with E-state index in [1.807, 2.05) is 61.5 Å². The van der Waals surface area contributed by atoms with Crippen LogP contribution in [0.1, 0.15) is 29.0 Å². The number of benzene rings is 2. The number of hydrogen-bond acceptors (Lipinski definition) is 4. The number of aromatic amines is 2. The highest BCUT2D eigenvalue weighted by molar-refractivity contribution is 6.02. The number of hydrogen-bond donors (Lipinski definition) is 3. The molecule has 0 saturated carbocycles. The van der Waals surface area contributed by atoms with E-state index < -0.39 is 0 Å². The number of carbonyl (C=O) groups excluding carboxylic acids is 1. The first-order chi connectivity index (χ1) is 16.6. The highest BCUT2D eigenvalue weighted by Crippen LogP contribution is 2.37. The first kappa shape index (κ1) is 22.0. The lowest BCUT2D eigenvalue weighted by atomic mass is 10.1. The van der Waals surface area contributed by atoms with E-state index in [-0.39, 0.29) is 17.2 Å². The lowest BCUT2D eigenvalue weighted by Crippen LogP contribution is -2.34. The minimum absolute atomic E-state index is 0.251. The van der Waals surface area contributed by atoms with Gasteiger partial charge in [-0.05, 0) is 63.2 Å². The molecule has 0 atom stereocenters. The van der Waals surface area contributed by atoms with Crippen LogP contribution < -0.4 is 15.6 Å². The fourth-order valence-electron chi connectivity index (χ4n) is 4.59. The molecular formula is C27H28N4O3. The zero-order valence-electron chi connectivity index (χ0n) is 19.2. The Morgan fingerprint density at radius 1 is 1.03 bits per heavy atom. The van der Waals surface area contributed by atoms with Crippen molar-refractivity contribution in [3.05, 3.63) is 82.4 Å². The maximum absolute atomic E-state index is 12.9. The number of para-hydroxylation sites is 2. The summed E-state index contributed by atoms with van der Waals surface area (Å²) in [4.78, 5) is 34.2. The van der Waals surface area contributed by atoms with E-state index in [9.17, 15) is 9.59 Å². The summed E-state index contributed by atoms with van der Waals surface area (Å²) < 4.78 is 6.14. The molecule has 7 heteroatoms. The zero-order valence-corrected chi connectivity index (χ0v) is 19.2. The number of rotatable bonds is 7. The highest BCUT2D eigenvalue weighted by Gasteiger charge is 2.19. The molecule has 1 fully saturated rings. The Hall–Kier alpha value is -3.84. The van der Waals surface area contributed by atoms with Crippen molar-refractivity contribution in [1.29, 1.82) is 0 Å². The first-order valence-corrected chi connectivity index (χ1v) is 11.7. The van der Waals surface area contributed by atoms with Crippen molar-refractivity contribution in [2.75, 3.05) is 26.2 Å². The summed E-state index contributed by atoms with van der Waals surface area (Å²) in [6.45, 7) is 5.38. The minimum atomic E-state index is -0.288. The van der Waals surface area contributed by atoms with Crippen molar-refractivity contribution in [2.45, 2.75) is 19.8 Å². The standard InChI is InChI=1S/C27H28N4O3/c1-18-24-21(17-22(30-27(24)33)26(32)28-13-16-31-14-7-8-15-31)25(29-18)20-11-5-6-12-23(20)34-19-9-3-2-4-10-19/h2-6,9-12,17,29H,7-8,13-16H2,1H3,(H,28,32)(H,30,33). The SMILES string of the molecule is Cc1[nH]c(-c2ccccc2Oc2ccccc2)c2cc(C(=O)NCCN3CCCC3)[nH]c(=O)c12. The number of nitrogens with zero attached hydrogens (tertiary/aromatic N) is 1. The van der Waals surface area contributed by atoms with Gasteiger partial charge in [0.15, 0.2) is 0 Å². The Morgan fingerprint density at radius 3 is 2.56 bits per heavy atom. The van der Waals surface area contributed by atoms with Crippen LogP contribution in [0.25, 0.3) is 22.0 Å². The molecule has 7 nitrogen and oxygen atoms in total. The van der Waals surface area contributed by atoms with Gasteiger partial charge in [-0.25, -0.2) is 0 Å². The van der Waals surface area contributed by atoms with Crippen LogP contribution in [0.5, 0.6) is 11.5 Å². The summed E-state index contributed by atoms with van der Waals surface area (Å²) >= 11 is 0. The number of likely N-dealkylation sites (tertiary alicyclic amines) is 1. The summed E-state index contributed by atoms with van der Waals surface area (Å²) in [5.74, 6) is 1.10. The summed E-state index contributed by atoms with van der Waals surface area (Å²) in [5, 5.41) is 4.17. The molecule has 3 N–H and O–H groups in total. The normalized spacial score (nSPS) is 13.9. The smallest absolute Gasteiger partial charge is 0.267 e. The molecular weight excluding hydrogens is 428 g/mol. The van der Waals surface area contributed by atoms with E-state index >= 15 is 0 Å². The van der Waals surface area contributed by atoms with Gasteiger partial charge in [-0.2, -0.15) is 0 Å². The molecule has 0 bridgehead atoms. The quantitative estimate of drug-likeness (QED) is 0.383. The third kappa shape index (κ3) is 4.47. The summed E-state index contributed by atoms with van der Waals surface area (Å²) in [7, 11) is 0. The number of aromatic nitrogens is 2.